The molecule has 3 heterocycles. The highest BCUT2D eigenvalue weighted by atomic mass is 16.6. The zero-order valence-electron chi connectivity index (χ0n) is 17.2. The van der Waals surface area contributed by atoms with Gasteiger partial charge < -0.3 is 19.6 Å². The first-order chi connectivity index (χ1) is 13.1. The van der Waals surface area contributed by atoms with Crippen molar-refractivity contribution in [1.29, 1.82) is 0 Å². The number of aliphatic hydroxyl groups is 1. The number of nitrogens with zero attached hydrogens (tertiary/aromatic N) is 4. The van der Waals surface area contributed by atoms with Gasteiger partial charge >= 0.3 is 6.09 Å². The average Bonchev–Trinajstić information content (AvgIpc) is 3.27. The molecule has 2 aliphatic heterocycles. The Kier molecular flexibility index (Phi) is 4.45. The Labute approximate surface area is 165 Å². The Morgan fingerprint density at radius 3 is 2.61 bits per heavy atom. The van der Waals surface area contributed by atoms with E-state index in [0.29, 0.717) is 44.6 Å². The van der Waals surface area contributed by atoms with E-state index in [1.54, 1.807) is 9.58 Å². The lowest BCUT2D eigenvalue weighted by molar-refractivity contribution is 0.0203. The largest absolute Gasteiger partial charge is 0.444 e. The first-order valence-electron chi connectivity index (χ1n) is 10.1. The highest BCUT2D eigenvalue weighted by molar-refractivity contribution is 5.95. The number of fused-ring (bicyclic) bond motifs is 1. The zero-order valence-corrected chi connectivity index (χ0v) is 17.2. The number of hydrogen-bond donors (Lipinski definition) is 1. The van der Waals surface area contributed by atoms with E-state index in [1.165, 1.54) is 0 Å². The van der Waals surface area contributed by atoms with Crippen molar-refractivity contribution in [2.45, 2.75) is 76.7 Å². The molecule has 1 aromatic heterocycles. The number of carbonyl (C=O) groups excluding carboxylic acids is 2. The lowest BCUT2D eigenvalue weighted by Crippen LogP contribution is -2.50. The lowest BCUT2D eigenvalue weighted by Gasteiger charge is -2.38. The Morgan fingerprint density at radius 1 is 1.25 bits per heavy atom. The number of carbonyl (C=O) groups is 2. The third kappa shape index (κ3) is 3.38. The predicted octanol–water partition coefficient (Wildman–Crippen LogP) is 1.84. The topological polar surface area (TPSA) is 87.9 Å². The summed E-state index contributed by atoms with van der Waals surface area (Å²) in [6, 6.07) is 0. The summed E-state index contributed by atoms with van der Waals surface area (Å²) in [5.41, 5.74) is 1.52. The molecule has 3 aliphatic rings. The Balaban J connectivity index is 1.58. The van der Waals surface area contributed by atoms with Crippen LogP contribution in [0.3, 0.4) is 0 Å². The normalized spacial score (nSPS) is 23.5. The van der Waals surface area contributed by atoms with Crippen LogP contribution in [0.1, 0.15) is 68.2 Å². The smallest absolute Gasteiger partial charge is 0.410 e. The quantitative estimate of drug-likeness (QED) is 0.791. The van der Waals surface area contributed by atoms with Crippen molar-refractivity contribution in [3.63, 3.8) is 0 Å². The molecule has 8 nitrogen and oxygen atoms in total. The van der Waals surface area contributed by atoms with Crippen LogP contribution in [0, 0.1) is 0 Å². The number of piperidine rings is 1. The first-order valence-corrected chi connectivity index (χ1v) is 10.1. The first kappa shape index (κ1) is 19.2. The summed E-state index contributed by atoms with van der Waals surface area (Å²) in [6.45, 7) is 6.98. The highest BCUT2D eigenvalue weighted by Crippen LogP contribution is 2.49. The van der Waals surface area contributed by atoms with Gasteiger partial charge in [-0.15, -0.1) is 0 Å². The van der Waals surface area contributed by atoms with Gasteiger partial charge in [-0.2, -0.15) is 5.10 Å². The number of aromatic nitrogens is 2. The molecule has 1 saturated carbocycles. The zero-order chi connectivity index (χ0) is 20.3. The maximum Gasteiger partial charge on any atom is 0.410 e. The van der Waals surface area contributed by atoms with Crippen LogP contribution in [0.4, 0.5) is 4.79 Å². The van der Waals surface area contributed by atoms with Crippen molar-refractivity contribution in [2.75, 3.05) is 13.1 Å². The van der Waals surface area contributed by atoms with Crippen LogP contribution >= 0.6 is 0 Å². The monoisotopic (exact) mass is 390 g/mol. The van der Waals surface area contributed by atoms with Crippen molar-refractivity contribution in [2.24, 2.45) is 7.05 Å². The average molecular weight is 390 g/mol. The minimum atomic E-state index is -0.558. The summed E-state index contributed by atoms with van der Waals surface area (Å²) < 4.78 is 7.28. The molecule has 1 spiro atoms. The molecule has 2 amide bonds. The van der Waals surface area contributed by atoms with Crippen molar-refractivity contribution >= 4 is 12.0 Å². The molecule has 1 unspecified atom stereocenters. The van der Waals surface area contributed by atoms with Gasteiger partial charge in [0.05, 0.1) is 12.6 Å². The van der Waals surface area contributed by atoms with Crippen molar-refractivity contribution in [3.05, 3.63) is 17.0 Å². The molecular formula is C20H30N4O4. The molecule has 1 aromatic rings. The summed E-state index contributed by atoms with van der Waals surface area (Å²) in [6.07, 6.45) is 3.09. The number of aliphatic hydroxyl groups excluding tert-OH is 1. The van der Waals surface area contributed by atoms with Gasteiger partial charge in [-0.3, -0.25) is 9.48 Å². The Bertz CT molecular complexity index is 806. The van der Waals surface area contributed by atoms with E-state index in [2.05, 4.69) is 5.10 Å². The summed E-state index contributed by atoms with van der Waals surface area (Å²) in [7, 11) is 1.85. The molecule has 1 saturated heterocycles. The van der Waals surface area contributed by atoms with Crippen molar-refractivity contribution in [3.8, 4) is 0 Å². The van der Waals surface area contributed by atoms with E-state index in [1.807, 2.05) is 32.7 Å². The molecule has 28 heavy (non-hydrogen) atoms. The van der Waals surface area contributed by atoms with Crippen molar-refractivity contribution in [1.82, 2.24) is 19.6 Å². The number of hydrogen-bond acceptors (Lipinski definition) is 5. The fourth-order valence-electron chi connectivity index (χ4n) is 4.48. The Morgan fingerprint density at radius 2 is 1.96 bits per heavy atom. The number of likely N-dealkylation sites (tertiary alicyclic amines) is 1. The third-order valence-corrected chi connectivity index (χ3v) is 6.04. The van der Waals surface area contributed by atoms with Gasteiger partial charge in [0.25, 0.3) is 5.91 Å². The molecule has 0 radical (unpaired) electrons. The van der Waals surface area contributed by atoms with Gasteiger partial charge in [0.15, 0.2) is 5.69 Å². The predicted molar refractivity (Wildman–Crippen MR) is 102 cm³/mol. The number of amides is 2. The second-order valence-corrected chi connectivity index (χ2v) is 9.38. The van der Waals surface area contributed by atoms with Crippen LogP contribution in [-0.4, -0.2) is 67.0 Å². The maximum absolute atomic E-state index is 13.4. The van der Waals surface area contributed by atoms with Gasteiger partial charge in [0.1, 0.15) is 5.60 Å². The van der Waals surface area contributed by atoms with E-state index in [0.717, 1.165) is 24.1 Å². The van der Waals surface area contributed by atoms with Crippen LogP contribution in [-0.2, 0) is 24.8 Å². The van der Waals surface area contributed by atoms with Gasteiger partial charge in [-0.25, -0.2) is 4.79 Å². The molecule has 1 atom stereocenters. The SMILES string of the molecule is Cn1nc(C(=O)N2CCC(O)CC23CC3)c2c1CCN(C(=O)OC(C)(C)C)C2. The Hall–Kier alpha value is -2.09. The molecule has 4 rings (SSSR count). The van der Waals surface area contributed by atoms with Crippen LogP contribution < -0.4 is 0 Å². The molecule has 8 heteroatoms. The standard InChI is InChI=1S/C20H30N4O4/c1-19(2,3)28-18(27)23-9-6-15-14(12-23)16(21-22(15)4)17(26)24-10-5-13(25)11-20(24)7-8-20/h13,25H,5-12H2,1-4H3. The summed E-state index contributed by atoms with van der Waals surface area (Å²) in [4.78, 5) is 29.5. The molecular weight excluding hydrogens is 360 g/mol. The van der Waals surface area contributed by atoms with Crippen LogP contribution in [0.25, 0.3) is 0 Å². The molecule has 0 aromatic carbocycles. The van der Waals surface area contributed by atoms with Crippen LogP contribution in [0.5, 0.6) is 0 Å². The van der Waals surface area contributed by atoms with Gasteiger partial charge in [-0.1, -0.05) is 0 Å². The molecule has 2 fully saturated rings. The van der Waals surface area contributed by atoms with Gasteiger partial charge in [0, 0.05) is 43.4 Å². The van der Waals surface area contributed by atoms with Crippen LogP contribution in [0.15, 0.2) is 0 Å². The second-order valence-electron chi connectivity index (χ2n) is 9.38. The molecule has 0 bridgehead atoms. The third-order valence-electron chi connectivity index (χ3n) is 6.04. The van der Waals surface area contributed by atoms with E-state index in [9.17, 15) is 14.7 Å². The minimum Gasteiger partial charge on any atom is -0.444 e. The summed E-state index contributed by atoms with van der Waals surface area (Å²) in [5, 5.41) is 14.6. The highest BCUT2D eigenvalue weighted by Gasteiger charge is 2.54. The maximum atomic E-state index is 13.4. The number of rotatable bonds is 1. The number of ether oxygens (including phenoxy) is 1. The van der Waals surface area contributed by atoms with Crippen molar-refractivity contribution < 1.29 is 19.4 Å². The second kappa shape index (κ2) is 6.47. The fraction of sp³-hybridized carbons (Fsp3) is 0.750. The fourth-order valence-corrected chi connectivity index (χ4v) is 4.48. The van der Waals surface area contributed by atoms with Crippen LogP contribution in [0.2, 0.25) is 0 Å². The van der Waals surface area contributed by atoms with E-state index < -0.39 is 5.60 Å². The molecule has 1 N–H and O–H groups in total. The summed E-state index contributed by atoms with van der Waals surface area (Å²) >= 11 is 0. The number of aryl methyl sites for hydroxylation is 1. The molecule has 154 valence electrons. The summed E-state index contributed by atoms with van der Waals surface area (Å²) in [5.74, 6) is -0.0766. The molecule has 1 aliphatic carbocycles. The van der Waals surface area contributed by atoms with Gasteiger partial charge in [0.2, 0.25) is 0 Å². The van der Waals surface area contributed by atoms with E-state index in [-0.39, 0.29) is 23.6 Å². The minimum absolute atomic E-state index is 0.0766. The van der Waals surface area contributed by atoms with Gasteiger partial charge in [-0.05, 0) is 46.5 Å². The van der Waals surface area contributed by atoms with E-state index >= 15 is 0 Å². The van der Waals surface area contributed by atoms with E-state index in [4.69, 9.17) is 4.74 Å². The lowest BCUT2D eigenvalue weighted by atomic mass is 9.96.